The fourth-order valence-electron chi connectivity index (χ4n) is 3.29. The fourth-order valence-corrected chi connectivity index (χ4v) is 3.29. The van der Waals surface area contributed by atoms with Crippen molar-refractivity contribution >= 4 is 0 Å². The number of hydrogen-bond donors (Lipinski definition) is 0. The molecule has 0 aromatic rings. The van der Waals surface area contributed by atoms with Crippen molar-refractivity contribution in [2.45, 2.75) is 78.1 Å². The van der Waals surface area contributed by atoms with Crippen LogP contribution in [-0.4, -0.2) is 30.7 Å². The second-order valence-corrected chi connectivity index (χ2v) is 6.06. The Morgan fingerprint density at radius 1 is 0.667 bits per heavy atom. The minimum atomic E-state index is 0. The van der Waals surface area contributed by atoms with Crippen molar-refractivity contribution in [3.05, 3.63) is 0 Å². The van der Waals surface area contributed by atoms with E-state index in [9.17, 15) is 0 Å². The van der Waals surface area contributed by atoms with Crippen molar-refractivity contribution in [3.63, 3.8) is 0 Å². The third-order valence-corrected chi connectivity index (χ3v) is 4.49. The number of rotatable bonds is 10. The van der Waals surface area contributed by atoms with E-state index in [1.54, 1.807) is 0 Å². The summed E-state index contributed by atoms with van der Waals surface area (Å²) in [5.41, 5.74) is 0. The van der Waals surface area contributed by atoms with E-state index in [-0.39, 0.29) is 12.4 Å². The summed E-state index contributed by atoms with van der Waals surface area (Å²) in [6.07, 6.45) is 14.5. The van der Waals surface area contributed by atoms with E-state index >= 15 is 0 Å². The van der Waals surface area contributed by atoms with Gasteiger partial charge in [-0.1, -0.05) is 46.0 Å². The highest BCUT2D eigenvalue weighted by Gasteiger charge is 2.30. The number of halogens is 1. The van der Waals surface area contributed by atoms with Gasteiger partial charge in [0.2, 0.25) is 0 Å². The first kappa shape index (κ1) is 18.2. The van der Waals surface area contributed by atoms with E-state index in [0.29, 0.717) is 0 Å². The van der Waals surface area contributed by atoms with Crippen LogP contribution in [-0.2, 0) is 0 Å². The number of likely N-dealkylation sites (tertiary alicyclic amines) is 1. The van der Waals surface area contributed by atoms with Crippen molar-refractivity contribution in [2.24, 2.45) is 0 Å². The molecule has 0 unspecified atom stereocenters. The lowest BCUT2D eigenvalue weighted by atomic mass is 10.1. The largest absolute Gasteiger partial charge is 1.00 e. The van der Waals surface area contributed by atoms with Gasteiger partial charge >= 0.3 is 0 Å². The zero-order valence-electron chi connectivity index (χ0n) is 12.7. The van der Waals surface area contributed by atoms with Gasteiger partial charge in [0.25, 0.3) is 0 Å². The molecule has 1 fully saturated rings. The molecule has 0 spiro atoms. The van der Waals surface area contributed by atoms with Crippen molar-refractivity contribution in [3.8, 4) is 0 Å². The molecule has 18 heavy (non-hydrogen) atoms. The monoisotopic (exact) mass is 275 g/mol. The van der Waals surface area contributed by atoms with Gasteiger partial charge in [0.15, 0.2) is 0 Å². The zero-order chi connectivity index (χ0) is 12.4. The third-order valence-electron chi connectivity index (χ3n) is 4.49. The van der Waals surface area contributed by atoms with Crippen LogP contribution in [0.5, 0.6) is 0 Å². The van der Waals surface area contributed by atoms with Gasteiger partial charge in [-0.2, -0.15) is 0 Å². The van der Waals surface area contributed by atoms with E-state index in [1.165, 1.54) is 94.9 Å². The number of nitrogens with zero attached hydrogens (tertiary/aromatic N) is 1. The average molecular weight is 276 g/mol. The third kappa shape index (κ3) is 6.99. The summed E-state index contributed by atoms with van der Waals surface area (Å²) < 4.78 is 1.47. The van der Waals surface area contributed by atoms with Crippen LogP contribution in [0.1, 0.15) is 78.1 Å². The van der Waals surface area contributed by atoms with E-state index in [4.69, 9.17) is 0 Å². The predicted octanol–water partition coefficient (Wildman–Crippen LogP) is 1.76. The molecular formula is C16H34ClN. The fraction of sp³-hybridized carbons (Fsp3) is 1.00. The molecule has 1 aliphatic heterocycles. The molecule has 0 N–H and O–H groups in total. The number of quaternary nitrogens is 1. The summed E-state index contributed by atoms with van der Waals surface area (Å²) in [7, 11) is 0. The molecule has 1 heterocycles. The minimum Gasteiger partial charge on any atom is -1.00 e. The highest BCUT2D eigenvalue weighted by molar-refractivity contribution is 4.56. The van der Waals surface area contributed by atoms with Gasteiger partial charge in [-0.25, -0.2) is 0 Å². The summed E-state index contributed by atoms with van der Waals surface area (Å²) in [4.78, 5) is 0. The van der Waals surface area contributed by atoms with Crippen LogP contribution < -0.4 is 12.4 Å². The Hall–Kier alpha value is 0.250. The van der Waals surface area contributed by atoms with Gasteiger partial charge in [0.05, 0.1) is 26.2 Å². The maximum Gasteiger partial charge on any atom is 0.0788 e. The molecule has 0 aromatic heterocycles. The van der Waals surface area contributed by atoms with Crippen LogP contribution in [0.2, 0.25) is 0 Å². The second-order valence-electron chi connectivity index (χ2n) is 6.06. The molecule has 0 aromatic carbocycles. The number of unbranched alkanes of at least 4 members (excludes halogenated alkanes) is 6. The van der Waals surface area contributed by atoms with Gasteiger partial charge < -0.3 is 16.9 Å². The highest BCUT2D eigenvalue weighted by Crippen LogP contribution is 2.22. The maximum atomic E-state index is 2.33. The normalized spacial score (nSPS) is 17.7. The molecule has 0 radical (unpaired) electrons. The van der Waals surface area contributed by atoms with Crippen molar-refractivity contribution < 1.29 is 16.9 Å². The molecule has 1 aliphatic rings. The average Bonchev–Trinajstić information content (AvgIpc) is 2.80. The van der Waals surface area contributed by atoms with Crippen LogP contribution in [0.3, 0.4) is 0 Å². The molecule has 0 saturated carbocycles. The molecule has 0 atom stereocenters. The van der Waals surface area contributed by atoms with Crippen molar-refractivity contribution in [1.29, 1.82) is 0 Å². The van der Waals surface area contributed by atoms with Gasteiger partial charge in [0.1, 0.15) is 0 Å². The van der Waals surface area contributed by atoms with E-state index in [1.807, 2.05) is 0 Å². The molecular weight excluding hydrogens is 242 g/mol. The summed E-state index contributed by atoms with van der Waals surface area (Å²) >= 11 is 0. The lowest BCUT2D eigenvalue weighted by Gasteiger charge is -2.34. The van der Waals surface area contributed by atoms with Gasteiger partial charge in [0, 0.05) is 12.8 Å². The smallest absolute Gasteiger partial charge is 0.0788 e. The first-order chi connectivity index (χ1) is 8.33. The van der Waals surface area contributed by atoms with Crippen LogP contribution in [0.4, 0.5) is 0 Å². The Balaban J connectivity index is 0.00000289. The first-order valence-corrected chi connectivity index (χ1v) is 8.18. The van der Waals surface area contributed by atoms with Crippen LogP contribution >= 0.6 is 0 Å². The topological polar surface area (TPSA) is 0 Å². The molecule has 0 bridgehead atoms. The van der Waals surface area contributed by atoms with Gasteiger partial charge in [-0.15, -0.1) is 0 Å². The SMILES string of the molecule is CCCCCCCC[N+]1(CCCC)CCCC1.[Cl-]. The summed E-state index contributed by atoms with van der Waals surface area (Å²) in [5, 5.41) is 0. The number of hydrogen-bond acceptors (Lipinski definition) is 0. The summed E-state index contributed by atoms with van der Waals surface area (Å²) in [6, 6.07) is 0. The Bertz CT molecular complexity index is 176. The van der Waals surface area contributed by atoms with E-state index in [2.05, 4.69) is 13.8 Å². The Morgan fingerprint density at radius 3 is 1.78 bits per heavy atom. The first-order valence-electron chi connectivity index (χ1n) is 8.18. The molecule has 2 heteroatoms. The summed E-state index contributed by atoms with van der Waals surface area (Å²) in [6.45, 7) is 10.5. The summed E-state index contributed by atoms with van der Waals surface area (Å²) in [5.74, 6) is 0. The quantitative estimate of drug-likeness (QED) is 0.421. The zero-order valence-corrected chi connectivity index (χ0v) is 13.5. The molecule has 0 aliphatic carbocycles. The Morgan fingerprint density at radius 2 is 1.17 bits per heavy atom. The van der Waals surface area contributed by atoms with Crippen molar-refractivity contribution in [1.82, 2.24) is 0 Å². The maximum absolute atomic E-state index is 2.33. The van der Waals surface area contributed by atoms with E-state index < -0.39 is 0 Å². The highest BCUT2D eigenvalue weighted by atomic mass is 35.5. The van der Waals surface area contributed by atoms with Crippen molar-refractivity contribution in [2.75, 3.05) is 26.2 Å². The lowest BCUT2D eigenvalue weighted by Crippen LogP contribution is -3.00. The molecule has 1 saturated heterocycles. The van der Waals surface area contributed by atoms with Crippen LogP contribution in [0.25, 0.3) is 0 Å². The van der Waals surface area contributed by atoms with Crippen LogP contribution in [0, 0.1) is 0 Å². The molecule has 0 amide bonds. The Kier molecular flexibility index (Phi) is 11.3. The van der Waals surface area contributed by atoms with Crippen LogP contribution in [0.15, 0.2) is 0 Å². The van der Waals surface area contributed by atoms with E-state index in [0.717, 1.165) is 0 Å². The standard InChI is InChI=1S/C16H34N.ClH/c1-3-5-7-8-9-10-14-17(13-6-4-2)15-11-12-16-17;/h3-16H2,1-2H3;1H/q+1;/p-1. The molecule has 1 nitrogen and oxygen atoms in total. The lowest BCUT2D eigenvalue weighted by molar-refractivity contribution is -0.917. The molecule has 110 valence electrons. The molecule has 1 rings (SSSR count). The van der Waals surface area contributed by atoms with Gasteiger partial charge in [-0.05, 0) is 19.3 Å². The Labute approximate surface area is 121 Å². The second kappa shape index (κ2) is 11.1. The predicted molar refractivity (Wildman–Crippen MR) is 77.2 cm³/mol. The van der Waals surface area contributed by atoms with Gasteiger partial charge in [-0.3, -0.25) is 0 Å². The minimum absolute atomic E-state index is 0.